The molecule has 0 aliphatic carbocycles. The van der Waals surface area contributed by atoms with E-state index in [1.165, 1.54) is 21.2 Å². The first-order valence-electron chi connectivity index (χ1n) is 6.77. The van der Waals surface area contributed by atoms with E-state index in [9.17, 15) is 0 Å². The highest BCUT2D eigenvalue weighted by Crippen LogP contribution is 2.18. The van der Waals surface area contributed by atoms with Crippen LogP contribution < -0.4 is 5.32 Å². The average molecular weight is 353 g/mol. The summed E-state index contributed by atoms with van der Waals surface area (Å²) in [7, 11) is 0. The maximum Gasteiger partial charge on any atom is 0.0408 e. The van der Waals surface area contributed by atoms with E-state index in [2.05, 4.69) is 59.4 Å². The zero-order valence-electron chi connectivity index (χ0n) is 11.8. The van der Waals surface area contributed by atoms with Gasteiger partial charge in [-0.25, -0.2) is 0 Å². The first-order valence-corrected chi connectivity index (χ1v) is 7.94. The molecule has 0 heterocycles. The molecule has 2 aromatic rings. The maximum atomic E-state index is 6.01. The second-order valence-electron chi connectivity index (χ2n) is 5.21. The Morgan fingerprint density at radius 3 is 2.70 bits per heavy atom. The highest BCUT2D eigenvalue weighted by molar-refractivity contribution is 9.10. The molecule has 2 rings (SSSR count). The van der Waals surface area contributed by atoms with Gasteiger partial charge in [0.05, 0.1) is 0 Å². The number of halogens is 2. The second kappa shape index (κ2) is 7.26. The van der Waals surface area contributed by atoms with Crippen molar-refractivity contribution in [3.05, 3.63) is 68.7 Å². The lowest BCUT2D eigenvalue weighted by atomic mass is 10.1. The number of aryl methyl sites for hydroxylation is 1. The summed E-state index contributed by atoms with van der Waals surface area (Å²) < 4.78 is 1.17. The quantitative estimate of drug-likeness (QED) is 0.786. The molecule has 0 aromatic heterocycles. The van der Waals surface area contributed by atoms with E-state index in [4.69, 9.17) is 11.6 Å². The lowest BCUT2D eigenvalue weighted by Crippen LogP contribution is -2.27. The molecule has 0 aliphatic heterocycles. The van der Waals surface area contributed by atoms with E-state index < -0.39 is 0 Å². The van der Waals surface area contributed by atoms with Crippen molar-refractivity contribution < 1.29 is 0 Å². The Hall–Kier alpha value is -0.830. The normalized spacial score (nSPS) is 12.4. The van der Waals surface area contributed by atoms with Gasteiger partial charge in [-0.2, -0.15) is 0 Å². The molecule has 0 bridgehead atoms. The zero-order valence-corrected chi connectivity index (χ0v) is 14.1. The van der Waals surface area contributed by atoms with Crippen molar-refractivity contribution in [1.29, 1.82) is 0 Å². The number of benzene rings is 2. The molecule has 0 radical (unpaired) electrons. The van der Waals surface area contributed by atoms with E-state index in [0.29, 0.717) is 6.04 Å². The third-order valence-corrected chi connectivity index (χ3v) is 4.25. The third-order valence-electron chi connectivity index (χ3n) is 3.28. The van der Waals surface area contributed by atoms with Crippen molar-refractivity contribution in [1.82, 2.24) is 5.32 Å². The van der Waals surface area contributed by atoms with E-state index in [1.54, 1.807) is 0 Å². The Bertz CT molecular complexity index is 583. The summed E-state index contributed by atoms with van der Waals surface area (Å²) in [5, 5.41) is 4.36. The third kappa shape index (κ3) is 4.62. The minimum Gasteiger partial charge on any atom is -0.310 e. The second-order valence-corrected chi connectivity index (χ2v) is 6.50. The Kier molecular flexibility index (Phi) is 5.64. The van der Waals surface area contributed by atoms with Crippen molar-refractivity contribution in [2.75, 3.05) is 0 Å². The molecule has 0 fully saturated rings. The van der Waals surface area contributed by atoms with Gasteiger partial charge in [-0.15, -0.1) is 0 Å². The van der Waals surface area contributed by atoms with Crippen LogP contribution in [0, 0.1) is 6.92 Å². The number of nitrogens with one attached hydrogen (secondary N) is 1. The molecule has 0 saturated carbocycles. The van der Waals surface area contributed by atoms with Gasteiger partial charge in [0.25, 0.3) is 0 Å². The lowest BCUT2D eigenvalue weighted by molar-refractivity contribution is 0.544. The van der Waals surface area contributed by atoms with Gasteiger partial charge in [-0.05, 0) is 55.2 Å². The zero-order chi connectivity index (χ0) is 14.5. The van der Waals surface area contributed by atoms with Crippen molar-refractivity contribution >= 4 is 27.5 Å². The first kappa shape index (κ1) is 15.6. The fourth-order valence-electron chi connectivity index (χ4n) is 2.17. The molecule has 1 N–H and O–H groups in total. The Balaban J connectivity index is 1.90. The number of hydrogen-bond donors (Lipinski definition) is 1. The summed E-state index contributed by atoms with van der Waals surface area (Å²) in [6, 6.07) is 14.9. The fourth-order valence-corrected chi connectivity index (χ4v) is 3.02. The summed E-state index contributed by atoms with van der Waals surface area (Å²) >= 11 is 9.63. The molecule has 0 saturated heterocycles. The van der Waals surface area contributed by atoms with Gasteiger partial charge < -0.3 is 5.32 Å². The van der Waals surface area contributed by atoms with Crippen LogP contribution >= 0.6 is 27.5 Å². The molecule has 1 nitrogen and oxygen atoms in total. The Morgan fingerprint density at radius 2 is 2.00 bits per heavy atom. The van der Waals surface area contributed by atoms with E-state index in [0.717, 1.165) is 18.0 Å². The summed E-state index contributed by atoms with van der Waals surface area (Å²) in [4.78, 5) is 0. The molecule has 0 spiro atoms. The summed E-state index contributed by atoms with van der Waals surface area (Å²) in [6.07, 6.45) is 0.976. The topological polar surface area (TPSA) is 12.0 Å². The molecule has 0 aliphatic rings. The van der Waals surface area contributed by atoms with Crippen LogP contribution in [0.5, 0.6) is 0 Å². The Morgan fingerprint density at radius 1 is 1.20 bits per heavy atom. The molecule has 1 atom stereocenters. The van der Waals surface area contributed by atoms with Crippen molar-refractivity contribution in [2.24, 2.45) is 0 Å². The Labute approximate surface area is 134 Å². The van der Waals surface area contributed by atoms with Crippen LogP contribution in [0.4, 0.5) is 0 Å². The van der Waals surface area contributed by atoms with E-state index in [1.807, 2.05) is 18.2 Å². The van der Waals surface area contributed by atoms with Crippen LogP contribution in [0.3, 0.4) is 0 Å². The standard InChI is InChI=1S/C17H19BrClN/c1-12-6-7-15(17(18)8-12)11-20-13(2)9-14-4-3-5-16(19)10-14/h3-8,10,13,20H,9,11H2,1-2H3. The smallest absolute Gasteiger partial charge is 0.0408 e. The van der Waals surface area contributed by atoms with Gasteiger partial charge in [0.2, 0.25) is 0 Å². The monoisotopic (exact) mass is 351 g/mol. The molecular formula is C17H19BrClN. The van der Waals surface area contributed by atoms with Gasteiger partial charge in [0.15, 0.2) is 0 Å². The predicted octanol–water partition coefficient (Wildman–Crippen LogP) is 5.13. The molecular weight excluding hydrogens is 334 g/mol. The largest absolute Gasteiger partial charge is 0.310 e. The lowest BCUT2D eigenvalue weighted by Gasteiger charge is -2.15. The van der Waals surface area contributed by atoms with Crippen LogP contribution in [0.2, 0.25) is 5.02 Å². The SMILES string of the molecule is Cc1ccc(CNC(C)Cc2cccc(Cl)c2)c(Br)c1. The number of rotatable bonds is 5. The van der Waals surface area contributed by atoms with Crippen molar-refractivity contribution in [3.8, 4) is 0 Å². The van der Waals surface area contributed by atoms with Crippen LogP contribution in [0.15, 0.2) is 46.9 Å². The molecule has 2 aromatic carbocycles. The highest BCUT2D eigenvalue weighted by atomic mass is 79.9. The van der Waals surface area contributed by atoms with Crippen molar-refractivity contribution in [3.63, 3.8) is 0 Å². The van der Waals surface area contributed by atoms with Gasteiger partial charge in [-0.1, -0.05) is 51.8 Å². The number of hydrogen-bond acceptors (Lipinski definition) is 1. The molecule has 3 heteroatoms. The van der Waals surface area contributed by atoms with Gasteiger partial charge in [0, 0.05) is 22.1 Å². The summed E-state index contributed by atoms with van der Waals surface area (Å²) in [6.45, 7) is 5.16. The van der Waals surface area contributed by atoms with Crippen LogP contribution in [-0.4, -0.2) is 6.04 Å². The maximum absolute atomic E-state index is 6.01. The first-order chi connectivity index (χ1) is 9.54. The molecule has 0 amide bonds. The minimum atomic E-state index is 0.404. The molecule has 106 valence electrons. The predicted molar refractivity (Wildman–Crippen MR) is 90.3 cm³/mol. The average Bonchev–Trinajstić information content (AvgIpc) is 2.37. The molecule has 1 unspecified atom stereocenters. The summed E-state index contributed by atoms with van der Waals surface area (Å²) in [5.74, 6) is 0. The van der Waals surface area contributed by atoms with Crippen molar-refractivity contribution in [2.45, 2.75) is 32.9 Å². The van der Waals surface area contributed by atoms with Crippen LogP contribution in [0.25, 0.3) is 0 Å². The van der Waals surface area contributed by atoms with Crippen LogP contribution in [-0.2, 0) is 13.0 Å². The van der Waals surface area contributed by atoms with Crippen LogP contribution in [0.1, 0.15) is 23.6 Å². The molecule has 20 heavy (non-hydrogen) atoms. The summed E-state index contributed by atoms with van der Waals surface area (Å²) in [5.41, 5.74) is 3.82. The van der Waals surface area contributed by atoms with E-state index in [-0.39, 0.29) is 0 Å². The highest BCUT2D eigenvalue weighted by Gasteiger charge is 2.05. The van der Waals surface area contributed by atoms with Gasteiger partial charge in [0.1, 0.15) is 0 Å². The van der Waals surface area contributed by atoms with E-state index >= 15 is 0 Å². The fraction of sp³-hybridized carbons (Fsp3) is 0.294. The van der Waals surface area contributed by atoms with Gasteiger partial charge >= 0.3 is 0 Å². The van der Waals surface area contributed by atoms with Gasteiger partial charge in [-0.3, -0.25) is 0 Å². The minimum absolute atomic E-state index is 0.404.